The van der Waals surface area contributed by atoms with E-state index in [1.165, 1.54) is 12.4 Å². The molecule has 0 saturated heterocycles. The van der Waals surface area contributed by atoms with Crippen LogP contribution < -0.4 is 20.7 Å². The van der Waals surface area contributed by atoms with Crippen molar-refractivity contribution in [2.24, 2.45) is 0 Å². The Hall–Kier alpha value is -2.97. The van der Waals surface area contributed by atoms with E-state index in [-0.39, 0.29) is 29.7 Å². The molecule has 3 N–H and O–H groups in total. The highest BCUT2D eigenvalue weighted by molar-refractivity contribution is 6.31. The number of amides is 1. The first-order valence-corrected chi connectivity index (χ1v) is 8.85. The van der Waals surface area contributed by atoms with E-state index in [4.69, 9.17) is 16.3 Å². The fraction of sp³-hybridized carbons (Fsp3) is 0.211. The molecule has 0 aliphatic carbocycles. The fourth-order valence-electron chi connectivity index (χ4n) is 2.70. The molecule has 2 aromatic carbocycles. The second-order valence-corrected chi connectivity index (χ2v) is 6.34. The van der Waals surface area contributed by atoms with Gasteiger partial charge in [0.25, 0.3) is 0 Å². The summed E-state index contributed by atoms with van der Waals surface area (Å²) in [6, 6.07) is 8.23. The van der Waals surface area contributed by atoms with Crippen LogP contribution in [-0.2, 0) is 11.3 Å². The molecule has 0 aliphatic rings. The third-order valence-corrected chi connectivity index (χ3v) is 4.35. The van der Waals surface area contributed by atoms with E-state index < -0.39 is 5.82 Å². The van der Waals surface area contributed by atoms with Crippen molar-refractivity contribution in [3.63, 3.8) is 0 Å². The van der Waals surface area contributed by atoms with Gasteiger partial charge < -0.3 is 20.7 Å². The fourth-order valence-corrected chi connectivity index (χ4v) is 2.88. The predicted octanol–water partition coefficient (Wildman–Crippen LogP) is 3.01. The van der Waals surface area contributed by atoms with Gasteiger partial charge in [0.1, 0.15) is 17.9 Å². The zero-order valence-electron chi connectivity index (χ0n) is 15.3. The van der Waals surface area contributed by atoms with Gasteiger partial charge in [0, 0.05) is 23.6 Å². The smallest absolute Gasteiger partial charge is 0.234 e. The first-order chi connectivity index (χ1) is 13.5. The number of carbonyl (C=O) groups excluding carboxylic acids is 1. The molecule has 3 rings (SSSR count). The van der Waals surface area contributed by atoms with Gasteiger partial charge in [-0.1, -0.05) is 17.7 Å². The molecule has 0 spiro atoms. The summed E-state index contributed by atoms with van der Waals surface area (Å²) >= 11 is 5.85. The van der Waals surface area contributed by atoms with E-state index in [9.17, 15) is 9.18 Å². The Morgan fingerprint density at radius 2 is 2.11 bits per heavy atom. The summed E-state index contributed by atoms with van der Waals surface area (Å²) in [5, 5.41) is 9.22. The monoisotopic (exact) mass is 403 g/mol. The van der Waals surface area contributed by atoms with Crippen molar-refractivity contribution in [2.45, 2.75) is 6.54 Å². The Kier molecular flexibility index (Phi) is 6.23. The topological polar surface area (TPSA) is 88.2 Å². The average molecular weight is 404 g/mol. The van der Waals surface area contributed by atoms with E-state index in [1.807, 2.05) is 0 Å². The molecule has 0 atom stereocenters. The zero-order valence-corrected chi connectivity index (χ0v) is 16.1. The molecule has 0 bridgehead atoms. The Bertz CT molecular complexity index is 1020. The standard InChI is InChI=1S/C19H19ClFN5O2/c1-22-9-17(27)23-8-11-6-12-15(7-16(11)28-2)24-10-25-19(12)26-14-5-3-4-13(20)18(14)21/h3-7,10,22H,8-9H2,1-2H3,(H,23,27)(H,24,25,26). The van der Waals surface area contributed by atoms with Crippen LogP contribution in [0.4, 0.5) is 15.9 Å². The number of rotatable bonds is 7. The van der Waals surface area contributed by atoms with Gasteiger partial charge in [0.15, 0.2) is 5.82 Å². The number of ether oxygens (including phenoxy) is 1. The van der Waals surface area contributed by atoms with Crippen molar-refractivity contribution >= 4 is 39.9 Å². The van der Waals surface area contributed by atoms with Gasteiger partial charge in [0.05, 0.1) is 29.9 Å². The van der Waals surface area contributed by atoms with Crippen LogP contribution in [0.3, 0.4) is 0 Å². The van der Waals surface area contributed by atoms with E-state index in [0.717, 1.165) is 5.56 Å². The largest absolute Gasteiger partial charge is 0.496 e. The van der Waals surface area contributed by atoms with Crippen LogP contribution in [-0.4, -0.2) is 36.6 Å². The third kappa shape index (κ3) is 4.29. The van der Waals surface area contributed by atoms with Crippen molar-refractivity contribution in [2.75, 3.05) is 26.0 Å². The summed E-state index contributed by atoms with van der Waals surface area (Å²) < 4.78 is 19.7. The van der Waals surface area contributed by atoms with Crippen LogP contribution in [0.25, 0.3) is 10.9 Å². The van der Waals surface area contributed by atoms with Crippen molar-refractivity contribution in [3.8, 4) is 5.75 Å². The van der Waals surface area contributed by atoms with Gasteiger partial charge >= 0.3 is 0 Å². The third-order valence-electron chi connectivity index (χ3n) is 4.06. The van der Waals surface area contributed by atoms with Crippen LogP contribution in [0.5, 0.6) is 5.75 Å². The predicted molar refractivity (Wildman–Crippen MR) is 107 cm³/mol. The minimum absolute atomic E-state index is 0.0120. The molecule has 0 unspecified atom stereocenters. The lowest BCUT2D eigenvalue weighted by molar-refractivity contribution is -0.120. The van der Waals surface area contributed by atoms with Crippen molar-refractivity contribution in [1.29, 1.82) is 0 Å². The maximum Gasteiger partial charge on any atom is 0.234 e. The number of nitrogens with one attached hydrogen (secondary N) is 3. The highest BCUT2D eigenvalue weighted by Crippen LogP contribution is 2.31. The minimum Gasteiger partial charge on any atom is -0.496 e. The summed E-state index contributed by atoms with van der Waals surface area (Å²) in [5.41, 5.74) is 1.55. The quantitative estimate of drug-likeness (QED) is 0.562. The van der Waals surface area contributed by atoms with Gasteiger partial charge in [0.2, 0.25) is 5.91 Å². The summed E-state index contributed by atoms with van der Waals surface area (Å²) in [6.07, 6.45) is 1.38. The van der Waals surface area contributed by atoms with E-state index >= 15 is 0 Å². The Morgan fingerprint density at radius 1 is 1.29 bits per heavy atom. The molecule has 28 heavy (non-hydrogen) atoms. The first kappa shape index (κ1) is 19.8. The van der Waals surface area contributed by atoms with Crippen LogP contribution in [0.15, 0.2) is 36.7 Å². The molecule has 7 nitrogen and oxygen atoms in total. The second kappa shape index (κ2) is 8.81. The minimum atomic E-state index is -0.566. The summed E-state index contributed by atoms with van der Waals surface area (Å²) in [6.45, 7) is 0.472. The number of hydrogen-bond acceptors (Lipinski definition) is 6. The normalized spacial score (nSPS) is 10.7. The molecule has 1 heterocycles. The number of nitrogens with zero attached hydrogens (tertiary/aromatic N) is 2. The van der Waals surface area contributed by atoms with Gasteiger partial charge in [-0.3, -0.25) is 4.79 Å². The molecule has 0 saturated carbocycles. The van der Waals surface area contributed by atoms with Crippen molar-refractivity contribution in [3.05, 3.63) is 53.1 Å². The maximum absolute atomic E-state index is 14.3. The molecule has 0 aliphatic heterocycles. The molecule has 1 amide bonds. The zero-order chi connectivity index (χ0) is 20.1. The van der Waals surface area contributed by atoms with Gasteiger partial charge in [-0.2, -0.15) is 0 Å². The van der Waals surface area contributed by atoms with E-state index in [0.29, 0.717) is 22.5 Å². The molecule has 3 aromatic rings. The molecular weight excluding hydrogens is 385 g/mol. The lowest BCUT2D eigenvalue weighted by atomic mass is 10.1. The summed E-state index contributed by atoms with van der Waals surface area (Å²) in [5.74, 6) is 0.282. The molecule has 1 aromatic heterocycles. The lowest BCUT2D eigenvalue weighted by Crippen LogP contribution is -2.31. The lowest BCUT2D eigenvalue weighted by Gasteiger charge is -2.14. The summed E-state index contributed by atoms with van der Waals surface area (Å²) in [4.78, 5) is 20.2. The molecule has 9 heteroatoms. The van der Waals surface area contributed by atoms with E-state index in [1.54, 1.807) is 38.4 Å². The van der Waals surface area contributed by atoms with Gasteiger partial charge in [-0.15, -0.1) is 0 Å². The number of methoxy groups -OCH3 is 1. The SMILES string of the molecule is CNCC(=O)NCc1cc2c(Nc3cccc(Cl)c3F)ncnc2cc1OC. The summed E-state index contributed by atoms with van der Waals surface area (Å²) in [7, 11) is 3.24. The van der Waals surface area contributed by atoms with Crippen molar-refractivity contribution < 1.29 is 13.9 Å². The highest BCUT2D eigenvalue weighted by atomic mass is 35.5. The molecule has 146 valence electrons. The number of halogens is 2. The second-order valence-electron chi connectivity index (χ2n) is 5.94. The van der Waals surface area contributed by atoms with E-state index in [2.05, 4.69) is 25.9 Å². The number of likely N-dealkylation sites (N-methyl/N-ethyl adjacent to an activating group) is 1. The van der Waals surface area contributed by atoms with Crippen LogP contribution in [0.2, 0.25) is 5.02 Å². The first-order valence-electron chi connectivity index (χ1n) is 8.47. The van der Waals surface area contributed by atoms with Crippen molar-refractivity contribution in [1.82, 2.24) is 20.6 Å². The Balaban J connectivity index is 1.98. The molecule has 0 fully saturated rings. The van der Waals surface area contributed by atoms with Crippen LogP contribution >= 0.6 is 11.6 Å². The number of hydrogen-bond donors (Lipinski definition) is 3. The number of benzene rings is 2. The average Bonchev–Trinajstić information content (AvgIpc) is 2.69. The highest BCUT2D eigenvalue weighted by Gasteiger charge is 2.13. The number of anilines is 2. The number of aromatic nitrogens is 2. The number of carbonyl (C=O) groups is 1. The van der Waals surface area contributed by atoms with Crippen LogP contribution in [0, 0.1) is 5.82 Å². The maximum atomic E-state index is 14.3. The number of fused-ring (bicyclic) bond motifs is 1. The van der Waals surface area contributed by atoms with Gasteiger partial charge in [-0.25, -0.2) is 14.4 Å². The molecular formula is C19H19ClFN5O2. The Labute approximate surface area is 166 Å². The molecule has 0 radical (unpaired) electrons. The van der Waals surface area contributed by atoms with Gasteiger partial charge in [-0.05, 0) is 25.2 Å². The Morgan fingerprint density at radius 3 is 2.86 bits per heavy atom. The van der Waals surface area contributed by atoms with Crippen LogP contribution in [0.1, 0.15) is 5.56 Å².